The number of hydrogen-bond donors (Lipinski definition) is 0. The van der Waals surface area contributed by atoms with Gasteiger partial charge in [0.25, 0.3) is 0 Å². The van der Waals surface area contributed by atoms with Crippen molar-refractivity contribution in [2.75, 3.05) is 4.90 Å². The van der Waals surface area contributed by atoms with Crippen LogP contribution < -0.4 is 4.90 Å². The number of rotatable bonds is 7. The normalized spacial score (nSPS) is 17.9. The zero-order chi connectivity index (χ0) is 44.1. The molecule has 1 nitrogen and oxygen atoms in total. The topological polar surface area (TPSA) is 3.24 Å². The maximum absolute atomic E-state index is 2.51. The molecular formula is C66H49N. The van der Waals surface area contributed by atoms with Crippen molar-refractivity contribution in [1.29, 1.82) is 0 Å². The highest BCUT2D eigenvalue weighted by Crippen LogP contribution is 2.63. The maximum atomic E-state index is 2.51. The van der Waals surface area contributed by atoms with Crippen LogP contribution in [0.25, 0.3) is 66.4 Å². The van der Waals surface area contributed by atoms with E-state index in [2.05, 4.69) is 235 Å². The Kier molecular flexibility index (Phi) is 8.56. The first-order chi connectivity index (χ1) is 33.2. The van der Waals surface area contributed by atoms with Gasteiger partial charge in [0, 0.05) is 16.9 Å². The molecule has 1 spiro atoms. The smallest absolute Gasteiger partial charge is 0.0725 e. The summed E-state index contributed by atoms with van der Waals surface area (Å²) >= 11 is 0. The van der Waals surface area contributed by atoms with E-state index in [9.17, 15) is 0 Å². The second-order valence-corrected chi connectivity index (χ2v) is 19.6. The molecule has 4 aliphatic rings. The Labute approximate surface area is 393 Å². The highest BCUT2D eigenvalue weighted by molar-refractivity contribution is 6.09. The molecule has 2 bridgehead atoms. The van der Waals surface area contributed by atoms with Crippen LogP contribution in [-0.2, 0) is 10.8 Å². The largest absolute Gasteiger partial charge is 0.310 e. The van der Waals surface area contributed by atoms with Gasteiger partial charge in [0.2, 0.25) is 0 Å². The second kappa shape index (κ2) is 14.9. The molecule has 0 unspecified atom stereocenters. The number of para-hydroxylation sites is 1. The highest BCUT2D eigenvalue weighted by atomic mass is 15.1. The molecule has 2 saturated carbocycles. The molecule has 67 heavy (non-hydrogen) atoms. The fraction of sp³-hybridized carbons (Fsp3) is 0.121. The van der Waals surface area contributed by atoms with Crippen molar-refractivity contribution in [2.45, 2.75) is 42.9 Å². The maximum Gasteiger partial charge on any atom is 0.0725 e. The summed E-state index contributed by atoms with van der Waals surface area (Å²) in [6.45, 7) is 0. The van der Waals surface area contributed by atoms with Crippen LogP contribution in [0.5, 0.6) is 0 Å². The van der Waals surface area contributed by atoms with Crippen molar-refractivity contribution >= 4 is 27.8 Å². The molecule has 4 aliphatic carbocycles. The second-order valence-electron chi connectivity index (χ2n) is 19.6. The summed E-state index contributed by atoms with van der Waals surface area (Å²) in [5, 5.41) is 2.49. The fourth-order valence-corrected chi connectivity index (χ4v) is 13.4. The van der Waals surface area contributed by atoms with Gasteiger partial charge in [0.1, 0.15) is 0 Å². The average Bonchev–Trinajstić information content (AvgIpc) is 4.17. The molecule has 0 atom stereocenters. The number of hydrogen-bond acceptors (Lipinski definition) is 1. The fourth-order valence-electron chi connectivity index (χ4n) is 13.4. The SMILES string of the molecule is c1ccc(-c2cccc3cccc(-c4ccccc4N(c4ccc(-c5ccc(C67CCC(CC6)C7)cc5)cc4)c4ccc5c(c4)-c4ccccc4C54c5ccccc5-c5ccccc54)c23)cc1. The molecule has 0 aliphatic heterocycles. The summed E-state index contributed by atoms with van der Waals surface area (Å²) in [5.41, 5.74) is 23.0. The standard InChI is InChI=1S/C66H49N/c1-2-14-47(15-3-1)52-22-12-16-48-17-13-23-57(64(48)52)56-21-7-11-27-63(56)67(50-34-30-46(31-35-50)45-28-32-49(33-29-45)65-40-38-44(43-65)39-41-65)51-36-37-62-58(42-51)55-20-6-10-26-61(55)66(62)59-24-8-4-18-53(59)54-19-5-9-25-60(54)66/h1-37,42,44H,38-41,43H2. The van der Waals surface area contributed by atoms with Crippen molar-refractivity contribution < 1.29 is 0 Å². The summed E-state index contributed by atoms with van der Waals surface area (Å²) in [6.07, 6.45) is 6.88. The van der Waals surface area contributed by atoms with Crippen LogP contribution in [0.15, 0.2) is 231 Å². The monoisotopic (exact) mass is 855 g/mol. The predicted octanol–water partition coefficient (Wildman–Crippen LogP) is 17.5. The molecule has 0 radical (unpaired) electrons. The summed E-state index contributed by atoms with van der Waals surface area (Å²) < 4.78 is 0. The van der Waals surface area contributed by atoms with Gasteiger partial charge in [-0.3, -0.25) is 0 Å². The van der Waals surface area contributed by atoms with Gasteiger partial charge < -0.3 is 4.90 Å². The lowest BCUT2D eigenvalue weighted by atomic mass is 9.70. The van der Waals surface area contributed by atoms with E-state index >= 15 is 0 Å². The number of nitrogens with zero attached hydrogens (tertiary/aromatic N) is 1. The molecule has 10 aromatic rings. The first kappa shape index (κ1) is 38.5. The van der Waals surface area contributed by atoms with E-state index in [1.807, 2.05) is 0 Å². The van der Waals surface area contributed by atoms with Gasteiger partial charge in [-0.1, -0.05) is 200 Å². The molecule has 0 aromatic heterocycles. The summed E-state index contributed by atoms with van der Waals surface area (Å²) in [6, 6.07) is 86.9. The molecule has 0 amide bonds. The Morgan fingerprint density at radius 3 is 1.49 bits per heavy atom. The first-order valence-corrected chi connectivity index (χ1v) is 24.3. The summed E-state index contributed by atoms with van der Waals surface area (Å²) in [7, 11) is 0. The zero-order valence-electron chi connectivity index (χ0n) is 37.5. The van der Waals surface area contributed by atoms with Crippen LogP contribution in [0.2, 0.25) is 0 Å². The number of benzene rings is 10. The first-order valence-electron chi connectivity index (χ1n) is 24.3. The lowest BCUT2D eigenvalue weighted by Crippen LogP contribution is -2.25. The van der Waals surface area contributed by atoms with Crippen molar-refractivity contribution in [3.05, 3.63) is 258 Å². The van der Waals surface area contributed by atoms with Gasteiger partial charge in [-0.15, -0.1) is 0 Å². The van der Waals surface area contributed by atoms with E-state index in [0.717, 1.165) is 23.0 Å². The molecule has 0 saturated heterocycles. The van der Waals surface area contributed by atoms with Crippen LogP contribution in [0, 0.1) is 5.92 Å². The van der Waals surface area contributed by atoms with Crippen LogP contribution in [-0.4, -0.2) is 0 Å². The number of fused-ring (bicyclic) bond motifs is 13. The predicted molar refractivity (Wildman–Crippen MR) is 279 cm³/mol. The summed E-state index contributed by atoms with van der Waals surface area (Å²) in [4.78, 5) is 2.51. The van der Waals surface area contributed by atoms with Gasteiger partial charge in [0.15, 0.2) is 0 Å². The Balaban J connectivity index is 0.958. The highest BCUT2D eigenvalue weighted by Gasteiger charge is 2.51. The molecule has 0 N–H and O–H groups in total. The minimum atomic E-state index is -0.398. The van der Waals surface area contributed by atoms with Crippen molar-refractivity contribution in [3.63, 3.8) is 0 Å². The van der Waals surface area contributed by atoms with Gasteiger partial charge >= 0.3 is 0 Å². The van der Waals surface area contributed by atoms with Crippen LogP contribution in [0.3, 0.4) is 0 Å². The average molecular weight is 856 g/mol. The Bertz CT molecular complexity index is 3500. The molecule has 10 aromatic carbocycles. The molecule has 2 fully saturated rings. The Morgan fingerprint density at radius 2 is 0.866 bits per heavy atom. The van der Waals surface area contributed by atoms with Crippen molar-refractivity contribution in [2.24, 2.45) is 5.92 Å². The van der Waals surface area contributed by atoms with E-state index < -0.39 is 5.41 Å². The Hall–Kier alpha value is -7.74. The minimum absolute atomic E-state index is 0.398. The lowest BCUT2D eigenvalue weighted by Gasteiger charge is -2.31. The molecule has 1 heteroatoms. The van der Waals surface area contributed by atoms with Gasteiger partial charge in [0.05, 0.1) is 11.1 Å². The van der Waals surface area contributed by atoms with Crippen molar-refractivity contribution in [3.8, 4) is 55.6 Å². The van der Waals surface area contributed by atoms with Gasteiger partial charge in [-0.2, -0.15) is 0 Å². The third-order valence-electron chi connectivity index (χ3n) is 16.4. The van der Waals surface area contributed by atoms with E-state index in [1.165, 1.54) is 121 Å². The van der Waals surface area contributed by atoms with E-state index in [1.54, 1.807) is 5.56 Å². The molecule has 14 rings (SSSR count). The molecular weight excluding hydrogens is 807 g/mol. The van der Waals surface area contributed by atoms with Gasteiger partial charge in [-0.25, -0.2) is 0 Å². The molecule has 318 valence electrons. The lowest BCUT2D eigenvalue weighted by molar-refractivity contribution is 0.419. The minimum Gasteiger partial charge on any atom is -0.310 e. The van der Waals surface area contributed by atoms with E-state index in [4.69, 9.17) is 0 Å². The summed E-state index contributed by atoms with van der Waals surface area (Å²) in [5.74, 6) is 0.935. The third kappa shape index (κ3) is 5.68. The van der Waals surface area contributed by atoms with E-state index in [-0.39, 0.29) is 0 Å². The van der Waals surface area contributed by atoms with Crippen LogP contribution in [0.4, 0.5) is 17.1 Å². The third-order valence-corrected chi connectivity index (χ3v) is 16.4. The molecule has 0 heterocycles. The zero-order valence-corrected chi connectivity index (χ0v) is 37.5. The quantitative estimate of drug-likeness (QED) is 0.154. The van der Waals surface area contributed by atoms with Gasteiger partial charge in [-0.05, 0) is 162 Å². The van der Waals surface area contributed by atoms with Crippen LogP contribution in [0.1, 0.15) is 59.9 Å². The number of anilines is 3. The van der Waals surface area contributed by atoms with Crippen LogP contribution >= 0.6 is 0 Å². The Morgan fingerprint density at radius 1 is 0.358 bits per heavy atom. The van der Waals surface area contributed by atoms with Crippen molar-refractivity contribution in [1.82, 2.24) is 0 Å². The van der Waals surface area contributed by atoms with E-state index in [0.29, 0.717) is 5.41 Å².